The molecular weight excluding hydrogens is 222 g/mol. The van der Waals surface area contributed by atoms with E-state index in [4.69, 9.17) is 4.74 Å². The van der Waals surface area contributed by atoms with Crippen LogP contribution in [0.25, 0.3) is 0 Å². The molecular formula is C12H14NO4-. The number of ether oxygens (including phenoxy) is 1. The van der Waals surface area contributed by atoms with Gasteiger partial charge in [0.2, 0.25) is 5.91 Å². The minimum atomic E-state index is -1.24. The van der Waals surface area contributed by atoms with Crippen LogP contribution in [0.4, 0.5) is 5.69 Å². The topological polar surface area (TPSA) is 78.5 Å². The second-order valence-electron chi connectivity index (χ2n) is 3.35. The van der Waals surface area contributed by atoms with Crippen LogP contribution in [0.5, 0.6) is 5.75 Å². The Balaban J connectivity index is 2.61. The van der Waals surface area contributed by atoms with Crippen molar-refractivity contribution in [3.8, 4) is 5.75 Å². The second kappa shape index (κ2) is 6.52. The molecule has 1 aromatic rings. The van der Waals surface area contributed by atoms with Gasteiger partial charge in [-0.25, -0.2) is 0 Å². The van der Waals surface area contributed by atoms with Crippen molar-refractivity contribution in [2.45, 2.75) is 19.8 Å². The number of aliphatic carboxylic acids is 1. The summed E-state index contributed by atoms with van der Waals surface area (Å²) in [6.45, 7) is 2.33. The molecule has 0 spiro atoms. The number of nitrogens with one attached hydrogen (secondary N) is 1. The van der Waals surface area contributed by atoms with Gasteiger partial charge in [0.05, 0.1) is 12.3 Å². The molecule has 1 rings (SSSR count). The molecule has 1 amide bonds. The maximum absolute atomic E-state index is 11.4. The quantitative estimate of drug-likeness (QED) is 0.782. The van der Waals surface area contributed by atoms with E-state index in [-0.39, 0.29) is 18.7 Å². The van der Waals surface area contributed by atoms with Gasteiger partial charge in [0, 0.05) is 12.4 Å². The number of benzene rings is 1. The molecule has 0 aliphatic carbocycles. The van der Waals surface area contributed by atoms with Gasteiger partial charge in [-0.15, -0.1) is 0 Å². The molecule has 0 bridgehead atoms. The molecule has 17 heavy (non-hydrogen) atoms. The summed E-state index contributed by atoms with van der Waals surface area (Å²) in [5, 5.41) is 12.8. The van der Waals surface area contributed by atoms with Crippen molar-refractivity contribution in [1.82, 2.24) is 0 Å². The zero-order valence-corrected chi connectivity index (χ0v) is 9.56. The average Bonchev–Trinajstić information content (AvgIpc) is 2.29. The van der Waals surface area contributed by atoms with E-state index in [0.29, 0.717) is 18.0 Å². The summed E-state index contributed by atoms with van der Waals surface area (Å²) in [5.74, 6) is -1.05. The lowest BCUT2D eigenvalue weighted by atomic mass is 10.2. The Hall–Kier alpha value is -2.04. The molecule has 0 aliphatic heterocycles. The number of carboxylic acids is 1. The molecule has 1 N–H and O–H groups in total. The number of carbonyl (C=O) groups excluding carboxylic acids is 2. The third kappa shape index (κ3) is 4.55. The van der Waals surface area contributed by atoms with Crippen LogP contribution in [0.3, 0.4) is 0 Å². The highest BCUT2D eigenvalue weighted by molar-refractivity contribution is 5.93. The monoisotopic (exact) mass is 236 g/mol. The summed E-state index contributed by atoms with van der Waals surface area (Å²) < 4.78 is 5.32. The summed E-state index contributed by atoms with van der Waals surface area (Å²) in [5.41, 5.74) is 0.540. The van der Waals surface area contributed by atoms with Gasteiger partial charge in [0.1, 0.15) is 5.75 Å². The molecule has 0 heterocycles. The highest BCUT2D eigenvalue weighted by atomic mass is 16.5. The summed E-state index contributed by atoms with van der Waals surface area (Å²) in [6.07, 6.45) is -0.397. The first-order valence-corrected chi connectivity index (χ1v) is 5.35. The predicted molar refractivity (Wildman–Crippen MR) is 60.5 cm³/mol. The minimum Gasteiger partial charge on any atom is -0.550 e. The van der Waals surface area contributed by atoms with E-state index in [1.165, 1.54) is 0 Å². The molecule has 0 unspecified atom stereocenters. The smallest absolute Gasteiger partial charge is 0.224 e. The zero-order chi connectivity index (χ0) is 12.7. The fourth-order valence-corrected chi connectivity index (χ4v) is 1.28. The van der Waals surface area contributed by atoms with Gasteiger partial charge in [-0.3, -0.25) is 4.79 Å². The van der Waals surface area contributed by atoms with Crippen molar-refractivity contribution in [2.75, 3.05) is 11.9 Å². The third-order valence-electron chi connectivity index (χ3n) is 2.02. The number of rotatable bonds is 6. The maximum atomic E-state index is 11.4. The fraction of sp³-hybridized carbons (Fsp3) is 0.333. The van der Waals surface area contributed by atoms with E-state index >= 15 is 0 Å². The summed E-state index contributed by atoms with van der Waals surface area (Å²) in [6, 6.07) is 6.98. The Morgan fingerprint density at radius 2 is 2.00 bits per heavy atom. The Morgan fingerprint density at radius 1 is 1.29 bits per heavy atom. The van der Waals surface area contributed by atoms with Crippen molar-refractivity contribution in [3.05, 3.63) is 24.3 Å². The first-order valence-electron chi connectivity index (χ1n) is 5.35. The molecule has 92 valence electrons. The summed E-state index contributed by atoms with van der Waals surface area (Å²) in [4.78, 5) is 21.6. The molecule has 1 aromatic carbocycles. The van der Waals surface area contributed by atoms with Gasteiger partial charge in [0.15, 0.2) is 0 Å². The Kier molecular flexibility index (Phi) is 5.00. The lowest BCUT2D eigenvalue weighted by Gasteiger charge is -2.11. The lowest BCUT2D eigenvalue weighted by molar-refractivity contribution is -0.305. The van der Waals surface area contributed by atoms with E-state index in [9.17, 15) is 14.7 Å². The molecule has 5 nitrogen and oxygen atoms in total. The van der Waals surface area contributed by atoms with Gasteiger partial charge in [-0.1, -0.05) is 12.1 Å². The van der Waals surface area contributed by atoms with Crippen LogP contribution in [0.1, 0.15) is 19.8 Å². The molecule has 0 aromatic heterocycles. The van der Waals surface area contributed by atoms with Crippen molar-refractivity contribution >= 4 is 17.6 Å². The highest BCUT2D eigenvalue weighted by Gasteiger charge is 2.06. The van der Waals surface area contributed by atoms with Crippen LogP contribution in [-0.4, -0.2) is 18.5 Å². The van der Waals surface area contributed by atoms with Gasteiger partial charge in [-0.2, -0.15) is 0 Å². The number of hydrogen-bond donors (Lipinski definition) is 1. The van der Waals surface area contributed by atoms with E-state index in [1.54, 1.807) is 24.3 Å². The fourth-order valence-electron chi connectivity index (χ4n) is 1.28. The summed E-state index contributed by atoms with van der Waals surface area (Å²) in [7, 11) is 0. The van der Waals surface area contributed by atoms with Crippen LogP contribution < -0.4 is 15.2 Å². The Labute approximate surface area is 99.4 Å². The van der Waals surface area contributed by atoms with Crippen LogP contribution in [0.2, 0.25) is 0 Å². The van der Waals surface area contributed by atoms with Crippen LogP contribution in [-0.2, 0) is 9.59 Å². The molecule has 0 saturated heterocycles. The van der Waals surface area contributed by atoms with Gasteiger partial charge in [0.25, 0.3) is 0 Å². The van der Waals surface area contributed by atoms with Gasteiger partial charge >= 0.3 is 0 Å². The molecule has 0 aliphatic rings. The first-order chi connectivity index (χ1) is 8.13. The van der Waals surface area contributed by atoms with Crippen molar-refractivity contribution in [3.63, 3.8) is 0 Å². The Morgan fingerprint density at radius 3 is 2.65 bits per heavy atom. The molecule has 0 radical (unpaired) electrons. The molecule has 0 atom stereocenters. The summed E-state index contributed by atoms with van der Waals surface area (Å²) >= 11 is 0. The molecule has 0 fully saturated rings. The third-order valence-corrected chi connectivity index (χ3v) is 2.02. The Bertz CT molecular complexity index is 403. The predicted octanol–water partition coefficient (Wildman–Crippen LogP) is 0.554. The normalized spacial score (nSPS) is 9.71. The van der Waals surface area contributed by atoms with Crippen molar-refractivity contribution in [1.29, 1.82) is 0 Å². The van der Waals surface area contributed by atoms with Crippen LogP contribution in [0, 0.1) is 0 Å². The SMILES string of the molecule is CCOc1ccccc1NC(=O)CCC(=O)[O-]. The van der Waals surface area contributed by atoms with E-state index in [1.807, 2.05) is 6.92 Å². The highest BCUT2D eigenvalue weighted by Crippen LogP contribution is 2.23. The molecule has 0 saturated carbocycles. The largest absolute Gasteiger partial charge is 0.550 e. The number of para-hydroxylation sites is 2. The second-order valence-corrected chi connectivity index (χ2v) is 3.35. The standard InChI is InChI=1S/C12H15NO4/c1-2-17-10-6-4-3-5-9(10)13-11(14)7-8-12(15)16/h3-6H,2,7-8H2,1H3,(H,13,14)(H,15,16)/p-1. The zero-order valence-electron chi connectivity index (χ0n) is 9.56. The van der Waals surface area contributed by atoms with Gasteiger partial charge < -0.3 is 20.0 Å². The maximum Gasteiger partial charge on any atom is 0.224 e. The lowest BCUT2D eigenvalue weighted by Crippen LogP contribution is -2.24. The van der Waals surface area contributed by atoms with Crippen molar-refractivity contribution < 1.29 is 19.4 Å². The number of carbonyl (C=O) groups is 2. The first kappa shape index (κ1) is 13.0. The average molecular weight is 236 g/mol. The van der Waals surface area contributed by atoms with E-state index in [0.717, 1.165) is 0 Å². The minimum absolute atomic E-state index is 0.108. The van der Waals surface area contributed by atoms with E-state index < -0.39 is 5.97 Å². The number of carboxylic acid groups (broad SMARTS) is 1. The van der Waals surface area contributed by atoms with Crippen LogP contribution >= 0.6 is 0 Å². The number of amides is 1. The van der Waals surface area contributed by atoms with Gasteiger partial charge in [-0.05, 0) is 25.5 Å². The van der Waals surface area contributed by atoms with E-state index in [2.05, 4.69) is 5.32 Å². The number of hydrogen-bond acceptors (Lipinski definition) is 4. The number of anilines is 1. The van der Waals surface area contributed by atoms with Crippen LogP contribution in [0.15, 0.2) is 24.3 Å². The molecule has 5 heteroatoms. The van der Waals surface area contributed by atoms with Crippen molar-refractivity contribution in [2.24, 2.45) is 0 Å².